The average Bonchev–Trinajstić information content (AvgIpc) is 2.78. The van der Waals surface area contributed by atoms with Crippen LogP contribution in [0, 0.1) is 11.3 Å². The normalized spacial score (nSPS) is 10.1. The zero-order chi connectivity index (χ0) is 12.1. The van der Waals surface area contributed by atoms with E-state index in [-0.39, 0.29) is 0 Å². The number of benzene rings is 1. The van der Waals surface area contributed by atoms with Crippen LogP contribution in [0.4, 0.5) is 0 Å². The smallest absolute Gasteiger partial charge is 0.110 e. The second kappa shape index (κ2) is 5.28. The molecule has 0 saturated heterocycles. The van der Waals surface area contributed by atoms with Crippen molar-refractivity contribution >= 4 is 0 Å². The van der Waals surface area contributed by atoms with Gasteiger partial charge in [-0.05, 0) is 24.2 Å². The molecule has 0 atom stereocenters. The first-order valence-corrected chi connectivity index (χ1v) is 5.53. The zero-order valence-corrected chi connectivity index (χ0v) is 9.48. The van der Waals surface area contributed by atoms with E-state index < -0.39 is 0 Å². The predicted molar refractivity (Wildman–Crippen MR) is 65.3 cm³/mol. The fourth-order valence-corrected chi connectivity index (χ4v) is 1.67. The lowest BCUT2D eigenvalue weighted by Gasteiger charge is -1.98. The van der Waals surface area contributed by atoms with Crippen molar-refractivity contribution in [3.8, 4) is 6.07 Å². The highest BCUT2D eigenvalue weighted by atomic mass is 14.9. The minimum Gasteiger partial charge on any atom is -0.346 e. The van der Waals surface area contributed by atoms with E-state index in [1.807, 2.05) is 30.5 Å². The van der Waals surface area contributed by atoms with Crippen LogP contribution in [0.1, 0.15) is 22.6 Å². The highest BCUT2D eigenvalue weighted by Crippen LogP contribution is 2.08. The van der Waals surface area contributed by atoms with Gasteiger partial charge >= 0.3 is 0 Å². The highest BCUT2D eigenvalue weighted by Gasteiger charge is 2.01. The maximum absolute atomic E-state index is 8.70. The van der Waals surface area contributed by atoms with Gasteiger partial charge in [0.25, 0.3) is 0 Å². The maximum Gasteiger partial charge on any atom is 0.110 e. The molecule has 86 valence electrons. The van der Waals surface area contributed by atoms with E-state index in [0.717, 1.165) is 29.9 Å². The summed E-state index contributed by atoms with van der Waals surface area (Å²) in [5.74, 6) is 0.929. The predicted octanol–water partition coefficient (Wildman–Crippen LogP) is 1.37. The Hall–Kier alpha value is -2.12. The molecular weight excluding hydrogens is 212 g/mol. The van der Waals surface area contributed by atoms with Gasteiger partial charge in [0.05, 0.1) is 11.6 Å². The lowest BCUT2D eigenvalue weighted by atomic mass is 10.1. The van der Waals surface area contributed by atoms with Crippen molar-refractivity contribution in [2.45, 2.75) is 12.8 Å². The molecule has 1 aromatic carbocycles. The Labute approximate surface area is 100 Å². The molecule has 0 aliphatic rings. The number of nitriles is 1. The Kier molecular flexibility index (Phi) is 3.53. The van der Waals surface area contributed by atoms with E-state index in [4.69, 9.17) is 11.0 Å². The zero-order valence-electron chi connectivity index (χ0n) is 9.48. The molecule has 2 rings (SSSR count). The largest absolute Gasteiger partial charge is 0.346 e. The fraction of sp³-hybridized carbons (Fsp3) is 0.231. The second-order valence-electron chi connectivity index (χ2n) is 3.88. The molecule has 4 heteroatoms. The summed E-state index contributed by atoms with van der Waals surface area (Å²) < 4.78 is 0. The number of H-pyrrole nitrogens is 1. The van der Waals surface area contributed by atoms with Crippen molar-refractivity contribution in [1.82, 2.24) is 9.97 Å². The summed E-state index contributed by atoms with van der Waals surface area (Å²) in [6, 6.07) is 9.63. The van der Waals surface area contributed by atoms with Crippen molar-refractivity contribution < 1.29 is 0 Å². The molecule has 0 unspecified atom stereocenters. The molecule has 1 heterocycles. The van der Waals surface area contributed by atoms with Crippen LogP contribution in [0.15, 0.2) is 30.5 Å². The van der Waals surface area contributed by atoms with E-state index in [2.05, 4.69) is 16.0 Å². The molecule has 0 spiro atoms. The highest BCUT2D eigenvalue weighted by molar-refractivity contribution is 5.32. The molecule has 0 amide bonds. The van der Waals surface area contributed by atoms with Gasteiger partial charge in [-0.2, -0.15) is 5.26 Å². The van der Waals surface area contributed by atoms with Crippen molar-refractivity contribution in [1.29, 1.82) is 5.26 Å². The molecule has 0 aliphatic heterocycles. The van der Waals surface area contributed by atoms with Gasteiger partial charge in [0.1, 0.15) is 5.82 Å². The number of aromatic amines is 1. The number of hydrogen-bond acceptors (Lipinski definition) is 3. The third kappa shape index (κ3) is 2.92. The molecule has 3 N–H and O–H groups in total. The summed E-state index contributed by atoms with van der Waals surface area (Å²) in [4.78, 5) is 7.53. The van der Waals surface area contributed by atoms with Crippen LogP contribution in [0.2, 0.25) is 0 Å². The van der Waals surface area contributed by atoms with Crippen LogP contribution in [0.5, 0.6) is 0 Å². The van der Waals surface area contributed by atoms with Crippen LogP contribution < -0.4 is 5.73 Å². The lowest BCUT2D eigenvalue weighted by Crippen LogP contribution is -2.02. The van der Waals surface area contributed by atoms with Gasteiger partial charge in [0.2, 0.25) is 0 Å². The molecule has 0 bridgehead atoms. The summed E-state index contributed by atoms with van der Waals surface area (Å²) >= 11 is 0. The van der Waals surface area contributed by atoms with Crippen molar-refractivity contribution in [3.05, 3.63) is 53.1 Å². The minimum atomic E-state index is 0.624. The van der Waals surface area contributed by atoms with Gasteiger partial charge in [-0.25, -0.2) is 4.98 Å². The number of rotatable bonds is 4. The van der Waals surface area contributed by atoms with Gasteiger partial charge < -0.3 is 10.7 Å². The molecule has 0 saturated carbocycles. The molecule has 0 fully saturated rings. The number of hydrogen-bond donors (Lipinski definition) is 2. The molecule has 0 aliphatic carbocycles. The number of nitrogens with one attached hydrogen (secondary N) is 1. The molecule has 2 aromatic rings. The van der Waals surface area contributed by atoms with E-state index in [1.54, 1.807) is 0 Å². The van der Waals surface area contributed by atoms with Crippen molar-refractivity contribution in [2.75, 3.05) is 6.54 Å². The van der Waals surface area contributed by atoms with E-state index in [9.17, 15) is 0 Å². The Bertz CT molecular complexity index is 519. The second-order valence-corrected chi connectivity index (χ2v) is 3.88. The fourth-order valence-electron chi connectivity index (χ4n) is 1.67. The van der Waals surface area contributed by atoms with Crippen LogP contribution in [0.3, 0.4) is 0 Å². The first kappa shape index (κ1) is 11.4. The van der Waals surface area contributed by atoms with Crippen LogP contribution in [0.25, 0.3) is 0 Å². The monoisotopic (exact) mass is 226 g/mol. The third-order valence-corrected chi connectivity index (χ3v) is 2.55. The number of aromatic nitrogens is 2. The van der Waals surface area contributed by atoms with Crippen LogP contribution in [-0.2, 0) is 12.8 Å². The summed E-state index contributed by atoms with van der Waals surface area (Å²) in [7, 11) is 0. The standard InChI is InChI=1S/C13H14N4/c14-6-5-12-9-16-13(17-12)7-10-1-3-11(8-15)4-2-10/h1-4,9H,5-7,14H2,(H,16,17). The van der Waals surface area contributed by atoms with Crippen LogP contribution in [-0.4, -0.2) is 16.5 Å². The Balaban J connectivity index is 2.06. The number of nitrogens with zero attached hydrogens (tertiary/aromatic N) is 2. The Morgan fingerprint density at radius 2 is 2.06 bits per heavy atom. The van der Waals surface area contributed by atoms with Crippen molar-refractivity contribution in [2.24, 2.45) is 5.73 Å². The average molecular weight is 226 g/mol. The Morgan fingerprint density at radius 1 is 1.29 bits per heavy atom. The Morgan fingerprint density at radius 3 is 2.71 bits per heavy atom. The van der Waals surface area contributed by atoms with Gasteiger partial charge in [0.15, 0.2) is 0 Å². The summed E-state index contributed by atoms with van der Waals surface area (Å²) in [5, 5.41) is 8.70. The van der Waals surface area contributed by atoms with Gasteiger partial charge in [0, 0.05) is 24.7 Å². The lowest BCUT2D eigenvalue weighted by molar-refractivity contribution is 0.919. The molecule has 4 nitrogen and oxygen atoms in total. The topological polar surface area (TPSA) is 78.5 Å². The summed E-state index contributed by atoms with van der Waals surface area (Å²) in [6.07, 6.45) is 3.39. The molecule has 17 heavy (non-hydrogen) atoms. The van der Waals surface area contributed by atoms with E-state index in [1.165, 1.54) is 0 Å². The van der Waals surface area contributed by atoms with E-state index in [0.29, 0.717) is 12.1 Å². The molecule has 0 radical (unpaired) electrons. The maximum atomic E-state index is 8.70. The van der Waals surface area contributed by atoms with Gasteiger partial charge in [-0.3, -0.25) is 0 Å². The summed E-state index contributed by atoms with van der Waals surface area (Å²) in [5.41, 5.74) is 8.36. The third-order valence-electron chi connectivity index (χ3n) is 2.55. The molecule has 1 aromatic heterocycles. The molecular formula is C13H14N4. The van der Waals surface area contributed by atoms with Crippen LogP contribution >= 0.6 is 0 Å². The number of nitrogens with two attached hydrogens (primary N) is 1. The number of imidazole rings is 1. The summed E-state index contributed by atoms with van der Waals surface area (Å²) in [6.45, 7) is 0.624. The SMILES string of the molecule is N#Cc1ccc(Cc2ncc(CCN)[nH]2)cc1. The van der Waals surface area contributed by atoms with Crippen molar-refractivity contribution in [3.63, 3.8) is 0 Å². The first-order chi connectivity index (χ1) is 8.31. The van der Waals surface area contributed by atoms with Gasteiger partial charge in [-0.1, -0.05) is 12.1 Å². The van der Waals surface area contributed by atoms with E-state index >= 15 is 0 Å². The van der Waals surface area contributed by atoms with Gasteiger partial charge in [-0.15, -0.1) is 0 Å². The first-order valence-electron chi connectivity index (χ1n) is 5.53. The minimum absolute atomic E-state index is 0.624. The quantitative estimate of drug-likeness (QED) is 0.826.